The fourth-order valence-electron chi connectivity index (χ4n) is 3.02. The summed E-state index contributed by atoms with van der Waals surface area (Å²) < 4.78 is 2.08. The maximum Gasteiger partial charge on any atom is 0.267 e. The van der Waals surface area contributed by atoms with Crippen LogP contribution in [0, 0.1) is 0 Å². The third kappa shape index (κ3) is 3.32. The van der Waals surface area contributed by atoms with Crippen molar-refractivity contribution in [1.82, 2.24) is 30.2 Å². The van der Waals surface area contributed by atoms with Crippen molar-refractivity contribution in [1.29, 1.82) is 0 Å². The Bertz CT molecular complexity index is 867. The quantitative estimate of drug-likeness (QED) is 0.733. The van der Waals surface area contributed by atoms with E-state index in [-0.39, 0.29) is 5.91 Å². The Kier molecular flexibility index (Phi) is 4.30. The first kappa shape index (κ1) is 15.6. The van der Waals surface area contributed by atoms with Crippen molar-refractivity contribution in [2.45, 2.75) is 19.5 Å². The lowest BCUT2D eigenvalue weighted by molar-refractivity contribution is 0.0943. The van der Waals surface area contributed by atoms with Crippen molar-refractivity contribution >= 4 is 5.91 Å². The molecule has 1 aliphatic heterocycles. The molecular weight excluding hydrogens is 316 g/mol. The van der Waals surface area contributed by atoms with Crippen molar-refractivity contribution in [3.05, 3.63) is 65.7 Å². The molecule has 0 fully saturated rings. The number of carbonyl (C=O) groups is 1. The molecule has 0 unspecified atom stereocenters. The van der Waals surface area contributed by atoms with Gasteiger partial charge in [0.15, 0.2) is 0 Å². The van der Waals surface area contributed by atoms with Gasteiger partial charge in [-0.3, -0.25) is 4.79 Å². The van der Waals surface area contributed by atoms with E-state index in [2.05, 4.69) is 25.4 Å². The summed E-state index contributed by atoms with van der Waals surface area (Å²) in [5.74, 6) is -0.0383. The van der Waals surface area contributed by atoms with Crippen molar-refractivity contribution in [2.75, 3.05) is 13.1 Å². The van der Waals surface area contributed by atoms with Crippen LogP contribution in [0.25, 0.3) is 5.69 Å². The highest BCUT2D eigenvalue weighted by Crippen LogP contribution is 2.12. The molecule has 0 spiro atoms. The Morgan fingerprint density at radius 3 is 2.96 bits per heavy atom. The molecule has 2 aromatic heterocycles. The Morgan fingerprint density at radius 1 is 1.20 bits per heavy atom. The Balaban J connectivity index is 1.34. The summed E-state index contributed by atoms with van der Waals surface area (Å²) >= 11 is 0. The first-order valence-electron chi connectivity index (χ1n) is 8.45. The Hall–Kier alpha value is -2.93. The third-order valence-corrected chi connectivity index (χ3v) is 4.32. The number of para-hydroxylation sites is 1. The maximum atomic E-state index is 12.4. The number of hydrogen-bond acceptors (Lipinski definition) is 4. The van der Waals surface area contributed by atoms with Crippen molar-refractivity contribution < 1.29 is 4.79 Å². The van der Waals surface area contributed by atoms with Crippen LogP contribution in [-0.4, -0.2) is 38.6 Å². The van der Waals surface area contributed by atoms with Gasteiger partial charge in [-0.2, -0.15) is 15.0 Å². The molecule has 1 aromatic carbocycles. The van der Waals surface area contributed by atoms with Gasteiger partial charge in [0.05, 0.1) is 17.6 Å². The topological polar surface area (TPSA) is 76.8 Å². The zero-order valence-corrected chi connectivity index (χ0v) is 13.9. The molecule has 4 rings (SSSR count). The number of hydrogen-bond donors (Lipinski definition) is 2. The van der Waals surface area contributed by atoms with E-state index in [1.807, 2.05) is 42.5 Å². The minimum absolute atomic E-state index is 0.0383. The predicted octanol–water partition coefficient (Wildman–Crippen LogP) is 1.14. The summed E-state index contributed by atoms with van der Waals surface area (Å²) in [6.45, 7) is 3.07. The highest BCUT2D eigenvalue weighted by Gasteiger charge is 2.16. The van der Waals surface area contributed by atoms with Crippen LogP contribution in [0.1, 0.15) is 21.9 Å². The molecule has 2 N–H and O–H groups in total. The Labute approximate surface area is 145 Å². The molecule has 128 valence electrons. The standard InChI is InChI=1S/C18H20N6O/c25-18(17-7-6-16-13-19-10-11-23(16)17)20-9-8-14-12-21-24(22-14)15-4-2-1-3-5-15/h1-7,12,19H,8-11,13H2,(H,20,25). The minimum Gasteiger partial charge on any atom is -0.350 e. The average Bonchev–Trinajstić information content (AvgIpc) is 3.29. The molecule has 0 radical (unpaired) electrons. The van der Waals surface area contributed by atoms with Gasteiger partial charge in [-0.25, -0.2) is 0 Å². The molecule has 0 atom stereocenters. The predicted molar refractivity (Wildman–Crippen MR) is 93.5 cm³/mol. The normalized spacial score (nSPS) is 13.4. The van der Waals surface area contributed by atoms with E-state index in [0.29, 0.717) is 13.0 Å². The molecule has 0 aliphatic carbocycles. The van der Waals surface area contributed by atoms with Gasteiger partial charge in [-0.1, -0.05) is 18.2 Å². The zero-order chi connectivity index (χ0) is 17.1. The zero-order valence-electron chi connectivity index (χ0n) is 13.9. The Morgan fingerprint density at radius 2 is 2.08 bits per heavy atom. The number of fused-ring (bicyclic) bond motifs is 1. The summed E-state index contributed by atoms with van der Waals surface area (Å²) in [5.41, 5.74) is 3.66. The van der Waals surface area contributed by atoms with Crippen LogP contribution in [0.3, 0.4) is 0 Å². The number of nitrogens with zero attached hydrogens (tertiary/aromatic N) is 4. The second-order valence-electron chi connectivity index (χ2n) is 6.01. The van der Waals surface area contributed by atoms with Crippen LogP contribution in [-0.2, 0) is 19.5 Å². The molecule has 1 aliphatic rings. The van der Waals surface area contributed by atoms with Crippen LogP contribution >= 0.6 is 0 Å². The molecule has 0 saturated heterocycles. The first-order valence-corrected chi connectivity index (χ1v) is 8.45. The maximum absolute atomic E-state index is 12.4. The number of amides is 1. The summed E-state index contributed by atoms with van der Waals surface area (Å²) in [5, 5.41) is 15.0. The largest absolute Gasteiger partial charge is 0.350 e. The van der Waals surface area contributed by atoms with Gasteiger partial charge in [0.25, 0.3) is 5.91 Å². The van der Waals surface area contributed by atoms with Gasteiger partial charge in [0.1, 0.15) is 5.69 Å². The van der Waals surface area contributed by atoms with Gasteiger partial charge in [0, 0.05) is 38.3 Å². The van der Waals surface area contributed by atoms with Gasteiger partial charge >= 0.3 is 0 Å². The third-order valence-electron chi connectivity index (χ3n) is 4.32. The fraction of sp³-hybridized carbons (Fsp3) is 0.278. The van der Waals surface area contributed by atoms with Crippen LogP contribution in [0.4, 0.5) is 0 Å². The molecule has 3 aromatic rings. The van der Waals surface area contributed by atoms with Crippen LogP contribution in [0.5, 0.6) is 0 Å². The van der Waals surface area contributed by atoms with Crippen LogP contribution < -0.4 is 10.6 Å². The van der Waals surface area contributed by atoms with E-state index in [1.165, 1.54) is 0 Å². The molecule has 7 nitrogen and oxygen atoms in total. The van der Waals surface area contributed by atoms with Gasteiger partial charge in [0.2, 0.25) is 0 Å². The highest BCUT2D eigenvalue weighted by molar-refractivity contribution is 5.92. The van der Waals surface area contributed by atoms with Crippen molar-refractivity contribution in [2.24, 2.45) is 0 Å². The second-order valence-corrected chi connectivity index (χ2v) is 6.01. The molecule has 1 amide bonds. The number of benzene rings is 1. The van der Waals surface area contributed by atoms with E-state index < -0.39 is 0 Å². The van der Waals surface area contributed by atoms with E-state index >= 15 is 0 Å². The van der Waals surface area contributed by atoms with Crippen LogP contribution in [0.2, 0.25) is 0 Å². The summed E-state index contributed by atoms with van der Waals surface area (Å²) in [4.78, 5) is 14.0. The van der Waals surface area contributed by atoms with Gasteiger partial charge in [-0.15, -0.1) is 0 Å². The summed E-state index contributed by atoms with van der Waals surface area (Å²) in [7, 11) is 0. The SMILES string of the molecule is O=C(NCCc1cnn(-c2ccccc2)n1)c1ccc2n1CCNC2. The number of nitrogens with one attached hydrogen (secondary N) is 2. The highest BCUT2D eigenvalue weighted by atomic mass is 16.1. The summed E-state index contributed by atoms with van der Waals surface area (Å²) in [6.07, 6.45) is 2.39. The van der Waals surface area contributed by atoms with E-state index in [1.54, 1.807) is 11.0 Å². The summed E-state index contributed by atoms with van der Waals surface area (Å²) in [6, 6.07) is 13.7. The lowest BCUT2D eigenvalue weighted by Gasteiger charge is -2.18. The van der Waals surface area contributed by atoms with Gasteiger partial charge in [-0.05, 0) is 24.3 Å². The van der Waals surface area contributed by atoms with Gasteiger partial charge < -0.3 is 15.2 Å². The first-order chi connectivity index (χ1) is 12.3. The molecule has 0 bridgehead atoms. The lowest BCUT2D eigenvalue weighted by Crippen LogP contribution is -2.33. The number of rotatable bonds is 5. The second kappa shape index (κ2) is 6.90. The number of aromatic nitrogens is 4. The van der Waals surface area contributed by atoms with Crippen molar-refractivity contribution in [3.63, 3.8) is 0 Å². The van der Waals surface area contributed by atoms with E-state index in [0.717, 1.165) is 42.4 Å². The average molecular weight is 336 g/mol. The number of carbonyl (C=O) groups excluding carboxylic acids is 1. The smallest absolute Gasteiger partial charge is 0.267 e. The molecule has 0 saturated carbocycles. The fourth-order valence-corrected chi connectivity index (χ4v) is 3.02. The van der Waals surface area contributed by atoms with E-state index in [4.69, 9.17) is 0 Å². The van der Waals surface area contributed by atoms with E-state index in [9.17, 15) is 4.79 Å². The van der Waals surface area contributed by atoms with Crippen molar-refractivity contribution in [3.8, 4) is 5.69 Å². The molecule has 7 heteroatoms. The van der Waals surface area contributed by atoms with Crippen LogP contribution in [0.15, 0.2) is 48.7 Å². The molecule has 3 heterocycles. The minimum atomic E-state index is -0.0383. The lowest BCUT2D eigenvalue weighted by atomic mass is 10.3. The molecular formula is C18H20N6O. The molecule has 25 heavy (non-hydrogen) atoms. The monoisotopic (exact) mass is 336 g/mol.